The summed E-state index contributed by atoms with van der Waals surface area (Å²) in [5.41, 5.74) is 7.70. The van der Waals surface area contributed by atoms with Crippen molar-refractivity contribution < 1.29 is 0 Å². The van der Waals surface area contributed by atoms with Gasteiger partial charge in [0.2, 0.25) is 0 Å². The van der Waals surface area contributed by atoms with Gasteiger partial charge in [-0.2, -0.15) is 0 Å². The molecule has 3 heteroatoms. The predicted molar refractivity (Wildman–Crippen MR) is 200 cm³/mol. The maximum Gasteiger partial charge on any atom is 0.164 e. The zero-order valence-corrected chi connectivity index (χ0v) is 26.1. The molecule has 0 spiro atoms. The predicted octanol–water partition coefficient (Wildman–Crippen LogP) is 11.7. The Hall–Kier alpha value is -6.45. The van der Waals surface area contributed by atoms with E-state index in [9.17, 15) is 0 Å². The molecule has 0 radical (unpaired) electrons. The highest BCUT2D eigenvalue weighted by Crippen LogP contribution is 2.33. The highest BCUT2D eigenvalue weighted by atomic mass is 15.0. The summed E-state index contributed by atoms with van der Waals surface area (Å²) in [6.07, 6.45) is 0. The van der Waals surface area contributed by atoms with E-state index in [1.54, 1.807) is 0 Å². The molecule has 48 heavy (non-hydrogen) atoms. The Morgan fingerprint density at radius 1 is 0.250 bits per heavy atom. The lowest BCUT2D eigenvalue weighted by Crippen LogP contribution is -2.00. The van der Waals surface area contributed by atoms with Crippen molar-refractivity contribution in [2.24, 2.45) is 0 Å². The van der Waals surface area contributed by atoms with E-state index in [0.717, 1.165) is 32.8 Å². The van der Waals surface area contributed by atoms with Gasteiger partial charge in [0.05, 0.1) is 0 Å². The van der Waals surface area contributed by atoms with Crippen molar-refractivity contribution in [1.29, 1.82) is 0 Å². The number of nitrogens with zero attached hydrogens (tertiary/aromatic N) is 3. The molecule has 0 saturated heterocycles. The Morgan fingerprint density at radius 3 is 1.46 bits per heavy atom. The van der Waals surface area contributed by atoms with E-state index in [4.69, 9.17) is 15.0 Å². The highest BCUT2D eigenvalue weighted by Gasteiger charge is 2.15. The smallest absolute Gasteiger partial charge is 0.164 e. The van der Waals surface area contributed by atoms with Crippen molar-refractivity contribution in [3.05, 3.63) is 176 Å². The number of fused-ring (bicyclic) bond motifs is 3. The Bertz CT molecular complexity index is 2620. The molecular formula is C45H29N3. The Balaban J connectivity index is 1.11. The fourth-order valence-corrected chi connectivity index (χ4v) is 6.57. The van der Waals surface area contributed by atoms with Crippen LogP contribution in [-0.4, -0.2) is 15.0 Å². The summed E-state index contributed by atoms with van der Waals surface area (Å²) >= 11 is 0. The summed E-state index contributed by atoms with van der Waals surface area (Å²) in [6, 6.07) is 61.9. The van der Waals surface area contributed by atoms with Crippen molar-refractivity contribution >= 4 is 32.3 Å². The van der Waals surface area contributed by atoms with Gasteiger partial charge >= 0.3 is 0 Å². The first-order valence-corrected chi connectivity index (χ1v) is 16.2. The molecule has 0 atom stereocenters. The maximum absolute atomic E-state index is 5.06. The Labute approximate surface area is 278 Å². The van der Waals surface area contributed by atoms with Gasteiger partial charge in [-0.25, -0.2) is 15.0 Å². The van der Waals surface area contributed by atoms with Crippen LogP contribution in [0.3, 0.4) is 0 Å². The fraction of sp³-hybridized carbons (Fsp3) is 0. The minimum Gasteiger partial charge on any atom is -0.208 e. The molecule has 0 unspecified atom stereocenters. The number of hydrogen-bond donors (Lipinski definition) is 0. The van der Waals surface area contributed by atoms with E-state index in [1.807, 2.05) is 30.3 Å². The standard InChI is InChI=1S/C45H29N3/c1-2-12-32(13-3-1)43-46-44(48-45(47-43)42-19-9-15-31-11-6-7-18-41(31)42)40-25-24-38-28-37(22-23-39(38)29-40)35-17-8-16-34(27-35)36-21-20-30-10-4-5-14-33(30)26-36/h1-29H. The summed E-state index contributed by atoms with van der Waals surface area (Å²) in [5, 5.41) is 7.08. The number of hydrogen-bond acceptors (Lipinski definition) is 3. The van der Waals surface area contributed by atoms with Crippen molar-refractivity contribution in [2.45, 2.75) is 0 Å². The third-order valence-electron chi connectivity index (χ3n) is 9.08. The average molecular weight is 612 g/mol. The highest BCUT2D eigenvalue weighted by molar-refractivity contribution is 5.96. The zero-order chi connectivity index (χ0) is 31.9. The lowest BCUT2D eigenvalue weighted by Gasteiger charge is -2.11. The number of aromatic nitrogens is 3. The van der Waals surface area contributed by atoms with E-state index in [-0.39, 0.29) is 0 Å². The van der Waals surface area contributed by atoms with Crippen LogP contribution in [0.5, 0.6) is 0 Å². The molecule has 9 aromatic rings. The molecule has 0 bridgehead atoms. The van der Waals surface area contributed by atoms with Crippen molar-refractivity contribution in [3.8, 4) is 56.4 Å². The molecular weight excluding hydrogens is 583 g/mol. The van der Waals surface area contributed by atoms with Gasteiger partial charge in [0.1, 0.15) is 0 Å². The van der Waals surface area contributed by atoms with Gasteiger partial charge in [-0.15, -0.1) is 0 Å². The van der Waals surface area contributed by atoms with Gasteiger partial charge < -0.3 is 0 Å². The second-order valence-corrected chi connectivity index (χ2v) is 12.1. The second-order valence-electron chi connectivity index (χ2n) is 12.1. The summed E-state index contributed by atoms with van der Waals surface area (Å²) in [6.45, 7) is 0. The van der Waals surface area contributed by atoms with Gasteiger partial charge in [0.15, 0.2) is 17.5 Å². The molecule has 9 rings (SSSR count). The quantitative estimate of drug-likeness (QED) is 0.194. The van der Waals surface area contributed by atoms with Crippen LogP contribution in [0.25, 0.3) is 88.7 Å². The van der Waals surface area contributed by atoms with Gasteiger partial charge in [-0.1, -0.05) is 152 Å². The average Bonchev–Trinajstić information content (AvgIpc) is 3.17. The van der Waals surface area contributed by atoms with E-state index in [1.165, 1.54) is 38.4 Å². The molecule has 3 nitrogen and oxygen atoms in total. The van der Waals surface area contributed by atoms with Crippen LogP contribution in [0.1, 0.15) is 0 Å². The van der Waals surface area contributed by atoms with E-state index < -0.39 is 0 Å². The molecule has 8 aromatic carbocycles. The molecule has 0 N–H and O–H groups in total. The first-order chi connectivity index (χ1) is 23.7. The molecule has 0 saturated carbocycles. The van der Waals surface area contributed by atoms with Crippen LogP contribution in [0.15, 0.2) is 176 Å². The van der Waals surface area contributed by atoms with Gasteiger partial charge in [-0.3, -0.25) is 0 Å². The molecule has 224 valence electrons. The van der Waals surface area contributed by atoms with E-state index in [2.05, 4.69) is 146 Å². The first kappa shape index (κ1) is 27.8. The van der Waals surface area contributed by atoms with E-state index >= 15 is 0 Å². The SMILES string of the molecule is c1ccc(-c2nc(-c3ccc4cc(-c5cccc(-c6ccc7ccccc7c6)c5)ccc4c3)nc(-c3cccc4ccccc34)n2)cc1. The molecule has 0 aliphatic carbocycles. The minimum absolute atomic E-state index is 0.654. The van der Waals surface area contributed by atoms with Crippen LogP contribution >= 0.6 is 0 Å². The van der Waals surface area contributed by atoms with Crippen LogP contribution in [-0.2, 0) is 0 Å². The lowest BCUT2D eigenvalue weighted by molar-refractivity contribution is 1.08. The number of rotatable bonds is 5. The van der Waals surface area contributed by atoms with Gasteiger partial charge in [0, 0.05) is 16.7 Å². The minimum atomic E-state index is 0.654. The molecule has 0 fully saturated rings. The maximum atomic E-state index is 5.06. The van der Waals surface area contributed by atoms with Crippen LogP contribution in [0, 0.1) is 0 Å². The largest absolute Gasteiger partial charge is 0.208 e. The summed E-state index contributed by atoms with van der Waals surface area (Å²) in [7, 11) is 0. The normalized spacial score (nSPS) is 11.3. The molecule has 0 aliphatic rings. The summed E-state index contributed by atoms with van der Waals surface area (Å²) in [4.78, 5) is 15.0. The van der Waals surface area contributed by atoms with Crippen LogP contribution < -0.4 is 0 Å². The van der Waals surface area contributed by atoms with Crippen molar-refractivity contribution in [1.82, 2.24) is 15.0 Å². The molecule has 1 heterocycles. The molecule has 0 amide bonds. The third kappa shape index (κ3) is 5.18. The first-order valence-electron chi connectivity index (χ1n) is 16.2. The van der Waals surface area contributed by atoms with Gasteiger partial charge in [-0.05, 0) is 78.8 Å². The summed E-state index contributed by atoms with van der Waals surface area (Å²) < 4.78 is 0. The van der Waals surface area contributed by atoms with Crippen LogP contribution in [0.4, 0.5) is 0 Å². The van der Waals surface area contributed by atoms with Gasteiger partial charge in [0.25, 0.3) is 0 Å². The van der Waals surface area contributed by atoms with E-state index in [0.29, 0.717) is 17.5 Å². The lowest BCUT2D eigenvalue weighted by atomic mass is 9.95. The van der Waals surface area contributed by atoms with Crippen molar-refractivity contribution in [2.75, 3.05) is 0 Å². The monoisotopic (exact) mass is 611 g/mol. The molecule has 1 aromatic heterocycles. The van der Waals surface area contributed by atoms with Crippen molar-refractivity contribution in [3.63, 3.8) is 0 Å². The second kappa shape index (κ2) is 11.7. The Morgan fingerprint density at radius 2 is 0.708 bits per heavy atom. The summed E-state index contributed by atoms with van der Waals surface area (Å²) in [5.74, 6) is 1.98. The molecule has 0 aliphatic heterocycles. The Kier molecular flexibility index (Phi) is 6.80. The zero-order valence-electron chi connectivity index (χ0n) is 26.1. The third-order valence-corrected chi connectivity index (χ3v) is 9.08. The topological polar surface area (TPSA) is 38.7 Å². The van der Waals surface area contributed by atoms with Crippen LogP contribution in [0.2, 0.25) is 0 Å². The fourth-order valence-electron chi connectivity index (χ4n) is 6.57. The number of benzene rings is 8.